The Labute approximate surface area is 100 Å². The van der Waals surface area contributed by atoms with Crippen molar-refractivity contribution < 1.29 is 0 Å². The van der Waals surface area contributed by atoms with Gasteiger partial charge in [0.15, 0.2) is 0 Å². The maximum absolute atomic E-state index is 3.66. The minimum atomic E-state index is 0.552. The van der Waals surface area contributed by atoms with Gasteiger partial charge in [-0.25, -0.2) is 0 Å². The molecule has 0 aromatic heterocycles. The van der Waals surface area contributed by atoms with Crippen LogP contribution >= 0.6 is 0 Å². The molecular formula is C15H25N. The van der Waals surface area contributed by atoms with Gasteiger partial charge in [0.05, 0.1) is 0 Å². The van der Waals surface area contributed by atoms with E-state index in [0.717, 1.165) is 12.3 Å². The van der Waals surface area contributed by atoms with Gasteiger partial charge >= 0.3 is 0 Å². The molecule has 2 atom stereocenters. The lowest BCUT2D eigenvalue weighted by molar-refractivity contribution is 0.400. The predicted octanol–water partition coefficient (Wildman–Crippen LogP) is 3.64. The highest BCUT2D eigenvalue weighted by atomic mass is 14.9. The van der Waals surface area contributed by atoms with Gasteiger partial charge in [0, 0.05) is 12.1 Å². The monoisotopic (exact) mass is 219 g/mol. The largest absolute Gasteiger partial charge is 0.311 e. The summed E-state index contributed by atoms with van der Waals surface area (Å²) in [7, 11) is 0. The fraction of sp³-hybridized carbons (Fsp3) is 0.600. The Balaban J connectivity index is 2.33. The average molecular weight is 219 g/mol. The van der Waals surface area contributed by atoms with Gasteiger partial charge in [-0.2, -0.15) is 0 Å². The van der Waals surface area contributed by atoms with Crippen LogP contribution in [0.5, 0.6) is 0 Å². The second-order valence-corrected chi connectivity index (χ2v) is 5.29. The molecule has 2 unspecified atom stereocenters. The zero-order valence-corrected chi connectivity index (χ0v) is 11.0. The third-order valence-electron chi connectivity index (χ3n) is 2.78. The molecule has 0 aliphatic rings. The fourth-order valence-corrected chi connectivity index (χ4v) is 2.29. The number of benzene rings is 1. The molecule has 1 aromatic carbocycles. The van der Waals surface area contributed by atoms with Crippen LogP contribution in [0.1, 0.15) is 39.7 Å². The van der Waals surface area contributed by atoms with Crippen LogP contribution < -0.4 is 5.32 Å². The molecule has 0 aliphatic heterocycles. The lowest BCUT2D eigenvalue weighted by Crippen LogP contribution is -2.36. The summed E-state index contributed by atoms with van der Waals surface area (Å²) >= 11 is 0. The summed E-state index contributed by atoms with van der Waals surface area (Å²) in [6.07, 6.45) is 2.36. The van der Waals surface area contributed by atoms with E-state index < -0.39 is 0 Å². The topological polar surface area (TPSA) is 12.0 Å². The van der Waals surface area contributed by atoms with Crippen molar-refractivity contribution in [2.75, 3.05) is 0 Å². The zero-order valence-electron chi connectivity index (χ0n) is 11.0. The summed E-state index contributed by atoms with van der Waals surface area (Å²) in [5.74, 6) is 0.770. The highest BCUT2D eigenvalue weighted by Gasteiger charge is 2.09. The van der Waals surface area contributed by atoms with E-state index in [4.69, 9.17) is 0 Å². The van der Waals surface area contributed by atoms with E-state index in [2.05, 4.69) is 63.3 Å². The Kier molecular flexibility index (Phi) is 5.54. The number of rotatable bonds is 6. The second-order valence-electron chi connectivity index (χ2n) is 5.29. The molecule has 0 fully saturated rings. The van der Waals surface area contributed by atoms with Crippen molar-refractivity contribution in [3.8, 4) is 0 Å². The summed E-state index contributed by atoms with van der Waals surface area (Å²) in [4.78, 5) is 0. The lowest BCUT2D eigenvalue weighted by Gasteiger charge is -2.21. The quantitative estimate of drug-likeness (QED) is 0.770. The molecule has 0 radical (unpaired) electrons. The van der Waals surface area contributed by atoms with Crippen LogP contribution in [0.25, 0.3) is 0 Å². The maximum atomic E-state index is 3.66. The molecule has 1 aromatic rings. The molecule has 0 amide bonds. The lowest BCUT2D eigenvalue weighted by atomic mass is 10.0. The third kappa shape index (κ3) is 5.32. The van der Waals surface area contributed by atoms with E-state index >= 15 is 0 Å². The molecule has 0 bridgehead atoms. The van der Waals surface area contributed by atoms with E-state index in [0.29, 0.717) is 12.1 Å². The van der Waals surface area contributed by atoms with Gasteiger partial charge < -0.3 is 5.32 Å². The van der Waals surface area contributed by atoms with Crippen molar-refractivity contribution in [1.82, 2.24) is 5.32 Å². The first-order valence-corrected chi connectivity index (χ1v) is 6.38. The average Bonchev–Trinajstić information content (AvgIpc) is 2.17. The normalized spacial score (nSPS) is 15.1. The summed E-state index contributed by atoms with van der Waals surface area (Å²) < 4.78 is 0. The van der Waals surface area contributed by atoms with Crippen molar-refractivity contribution in [3.63, 3.8) is 0 Å². The molecule has 0 aliphatic carbocycles. The van der Waals surface area contributed by atoms with E-state index in [1.54, 1.807) is 0 Å². The molecular weight excluding hydrogens is 194 g/mol. The molecule has 0 saturated carbocycles. The number of hydrogen-bond donors (Lipinski definition) is 1. The van der Waals surface area contributed by atoms with Crippen molar-refractivity contribution in [3.05, 3.63) is 35.9 Å². The maximum Gasteiger partial charge on any atom is 0.00816 e. The van der Waals surface area contributed by atoms with Gasteiger partial charge in [-0.1, -0.05) is 44.2 Å². The highest BCUT2D eigenvalue weighted by molar-refractivity contribution is 5.15. The van der Waals surface area contributed by atoms with Gasteiger partial charge in [-0.3, -0.25) is 0 Å². The van der Waals surface area contributed by atoms with Crippen molar-refractivity contribution in [1.29, 1.82) is 0 Å². The fourth-order valence-electron chi connectivity index (χ4n) is 2.29. The van der Waals surface area contributed by atoms with Crippen LogP contribution in [-0.2, 0) is 6.42 Å². The second kappa shape index (κ2) is 6.70. The van der Waals surface area contributed by atoms with Crippen LogP contribution in [-0.4, -0.2) is 12.1 Å². The van der Waals surface area contributed by atoms with E-state index in [1.807, 2.05) is 0 Å². The molecule has 90 valence electrons. The first kappa shape index (κ1) is 13.2. The predicted molar refractivity (Wildman–Crippen MR) is 71.7 cm³/mol. The molecule has 0 heterocycles. The first-order chi connectivity index (χ1) is 7.58. The number of nitrogens with one attached hydrogen (secondary N) is 1. The Bertz CT molecular complexity index is 279. The third-order valence-corrected chi connectivity index (χ3v) is 2.78. The molecule has 16 heavy (non-hydrogen) atoms. The summed E-state index contributed by atoms with van der Waals surface area (Å²) in [5, 5.41) is 3.66. The molecule has 1 nitrogen and oxygen atoms in total. The van der Waals surface area contributed by atoms with Crippen molar-refractivity contribution in [2.45, 2.75) is 52.6 Å². The Morgan fingerprint density at radius 1 is 0.938 bits per heavy atom. The smallest absolute Gasteiger partial charge is 0.00816 e. The molecule has 0 spiro atoms. The van der Waals surface area contributed by atoms with Gasteiger partial charge in [0.1, 0.15) is 0 Å². The minimum Gasteiger partial charge on any atom is -0.311 e. The van der Waals surface area contributed by atoms with Crippen LogP contribution in [0.4, 0.5) is 0 Å². The van der Waals surface area contributed by atoms with E-state index in [1.165, 1.54) is 12.0 Å². The molecule has 1 N–H and O–H groups in total. The summed E-state index contributed by atoms with van der Waals surface area (Å²) in [5.41, 5.74) is 1.42. The SMILES string of the molecule is CC(C)CC(C)NC(C)Cc1ccccc1. The van der Waals surface area contributed by atoms with Gasteiger partial charge in [-0.05, 0) is 38.2 Å². The van der Waals surface area contributed by atoms with E-state index in [9.17, 15) is 0 Å². The van der Waals surface area contributed by atoms with Crippen molar-refractivity contribution in [2.24, 2.45) is 5.92 Å². The standard InChI is InChI=1S/C15H25N/c1-12(2)10-13(3)16-14(4)11-15-8-6-5-7-9-15/h5-9,12-14,16H,10-11H2,1-4H3. The molecule has 1 rings (SSSR count). The number of hydrogen-bond acceptors (Lipinski definition) is 1. The minimum absolute atomic E-state index is 0.552. The van der Waals surface area contributed by atoms with Gasteiger partial charge in [-0.15, -0.1) is 0 Å². The van der Waals surface area contributed by atoms with Crippen LogP contribution in [0.3, 0.4) is 0 Å². The van der Waals surface area contributed by atoms with Crippen molar-refractivity contribution >= 4 is 0 Å². The Morgan fingerprint density at radius 3 is 2.12 bits per heavy atom. The molecule has 0 saturated heterocycles. The zero-order chi connectivity index (χ0) is 12.0. The molecule has 1 heteroatoms. The van der Waals surface area contributed by atoms with Gasteiger partial charge in [0.2, 0.25) is 0 Å². The van der Waals surface area contributed by atoms with Crippen LogP contribution in [0.2, 0.25) is 0 Å². The highest BCUT2D eigenvalue weighted by Crippen LogP contribution is 2.07. The summed E-state index contributed by atoms with van der Waals surface area (Å²) in [6, 6.07) is 11.9. The van der Waals surface area contributed by atoms with Crippen LogP contribution in [0, 0.1) is 5.92 Å². The Morgan fingerprint density at radius 2 is 1.56 bits per heavy atom. The van der Waals surface area contributed by atoms with Crippen LogP contribution in [0.15, 0.2) is 30.3 Å². The Hall–Kier alpha value is -0.820. The summed E-state index contributed by atoms with van der Waals surface area (Å²) in [6.45, 7) is 9.10. The van der Waals surface area contributed by atoms with Gasteiger partial charge in [0.25, 0.3) is 0 Å². The van der Waals surface area contributed by atoms with E-state index in [-0.39, 0.29) is 0 Å². The first-order valence-electron chi connectivity index (χ1n) is 6.38.